The lowest BCUT2D eigenvalue weighted by Gasteiger charge is -2.47. The van der Waals surface area contributed by atoms with Crippen LogP contribution in [-0.2, 0) is 31.1 Å². The number of nitrogens with zero attached hydrogens (tertiary/aromatic N) is 5. The van der Waals surface area contributed by atoms with Crippen molar-refractivity contribution in [2.24, 2.45) is 17.0 Å². The monoisotopic (exact) mass is 529 g/mol. The molecule has 2 amide bonds. The van der Waals surface area contributed by atoms with Crippen molar-refractivity contribution in [2.45, 2.75) is 50.2 Å². The van der Waals surface area contributed by atoms with E-state index >= 15 is 0 Å². The number of fused-ring (bicyclic) bond motifs is 1. The Morgan fingerprint density at radius 2 is 2.17 bits per heavy atom. The summed E-state index contributed by atoms with van der Waals surface area (Å²) in [4.78, 5) is 39.4. The third-order valence-electron chi connectivity index (χ3n) is 6.42. The Morgan fingerprint density at radius 3 is 2.80 bits per heavy atom. The van der Waals surface area contributed by atoms with Gasteiger partial charge in [0.25, 0.3) is 10.2 Å². The van der Waals surface area contributed by atoms with Gasteiger partial charge in [-0.2, -0.15) is 8.42 Å². The molecule has 0 spiro atoms. The number of thioether (sulfide) groups is 1. The van der Waals surface area contributed by atoms with Gasteiger partial charge in [-0.05, 0) is 23.8 Å². The summed E-state index contributed by atoms with van der Waals surface area (Å²) in [6.07, 6.45) is 1.90. The first-order valence-electron chi connectivity index (χ1n) is 10.9. The molecule has 192 valence electrons. The highest BCUT2D eigenvalue weighted by atomic mass is 32.2. The summed E-state index contributed by atoms with van der Waals surface area (Å²) in [5.74, 6) is -2.69. The molecule has 3 aliphatic heterocycles. The Kier molecular flexibility index (Phi) is 7.14. The molecule has 0 radical (unpaired) electrons. The summed E-state index contributed by atoms with van der Waals surface area (Å²) in [5.41, 5.74) is -0.0212. The molecule has 2 saturated heterocycles. The number of nitrogens with two attached hydrogens (primary N) is 1. The smallest absolute Gasteiger partial charge is 0.353 e. The number of carbonyl (C=O) groups excluding carboxylic acids is 2. The van der Waals surface area contributed by atoms with Gasteiger partial charge in [0.15, 0.2) is 0 Å². The Bertz CT molecular complexity index is 1140. The van der Waals surface area contributed by atoms with Gasteiger partial charge in [0.1, 0.15) is 18.6 Å². The molecule has 1 aromatic rings. The third kappa shape index (κ3) is 5.32. The highest BCUT2D eigenvalue weighted by Crippen LogP contribution is 2.51. The number of aliphatic carboxylic acids is 1. The number of carboxylic acids is 1. The number of hydrogen-bond acceptors (Lipinski definition) is 10. The van der Waals surface area contributed by atoms with Crippen LogP contribution < -0.4 is 20.5 Å². The summed E-state index contributed by atoms with van der Waals surface area (Å²) >= 11 is 1.40. The number of rotatable bonds is 10. The average molecular weight is 530 g/mol. The van der Waals surface area contributed by atoms with Gasteiger partial charge in [-0.1, -0.05) is 6.92 Å². The Morgan fingerprint density at radius 1 is 1.43 bits per heavy atom. The van der Waals surface area contributed by atoms with Gasteiger partial charge in [0, 0.05) is 41.2 Å². The van der Waals surface area contributed by atoms with Crippen molar-refractivity contribution >= 4 is 39.8 Å². The highest BCUT2D eigenvalue weighted by Gasteiger charge is 2.60. The lowest BCUT2D eigenvalue weighted by molar-refractivity contribution is -0.158. The van der Waals surface area contributed by atoms with Crippen molar-refractivity contribution in [1.82, 2.24) is 40.5 Å². The minimum absolute atomic E-state index is 0.00486. The minimum Gasteiger partial charge on any atom is -0.477 e. The molecule has 2 fully saturated rings. The van der Waals surface area contributed by atoms with E-state index in [1.807, 2.05) is 6.92 Å². The molecule has 4 rings (SSSR count). The quantitative estimate of drug-likeness (QED) is 0.195. The molecule has 15 nitrogen and oxygen atoms in total. The maximum absolute atomic E-state index is 13.0. The van der Waals surface area contributed by atoms with Gasteiger partial charge in [-0.3, -0.25) is 9.59 Å². The summed E-state index contributed by atoms with van der Waals surface area (Å²) in [5, 5.41) is 31.5. The highest BCUT2D eigenvalue weighted by molar-refractivity contribution is 8.03. The van der Waals surface area contributed by atoms with Gasteiger partial charge < -0.3 is 20.6 Å². The summed E-state index contributed by atoms with van der Waals surface area (Å²) < 4.78 is 25.8. The predicted molar refractivity (Wildman–Crippen MR) is 122 cm³/mol. The summed E-state index contributed by atoms with van der Waals surface area (Å²) in [6.45, 7) is 4.19. The molecule has 6 atom stereocenters. The first-order valence-corrected chi connectivity index (χ1v) is 13.4. The number of hydrogen-bond donors (Lipinski definition) is 5. The van der Waals surface area contributed by atoms with Crippen LogP contribution in [-0.4, -0.2) is 92.9 Å². The normalized spacial score (nSPS) is 29.2. The fourth-order valence-electron chi connectivity index (χ4n) is 4.91. The molecular formula is C18H27N9O6S2. The number of carboxylic acid groups (broad SMARTS) is 1. The van der Waals surface area contributed by atoms with Crippen molar-refractivity contribution in [3.63, 3.8) is 0 Å². The molecule has 0 bridgehead atoms. The Labute approximate surface area is 205 Å². The first kappa shape index (κ1) is 25.5. The van der Waals surface area contributed by atoms with E-state index in [4.69, 9.17) is 5.14 Å². The zero-order valence-corrected chi connectivity index (χ0v) is 20.6. The fraction of sp³-hybridized carbons (Fsp3) is 0.667. The number of amides is 2. The number of nitrogens with one attached hydrogen (secondary N) is 3. The molecule has 0 saturated carbocycles. The van der Waals surface area contributed by atoms with E-state index in [9.17, 15) is 27.9 Å². The molecule has 6 N–H and O–H groups in total. The van der Waals surface area contributed by atoms with Gasteiger partial charge in [-0.25, -0.2) is 19.3 Å². The molecule has 0 aromatic carbocycles. The van der Waals surface area contributed by atoms with Crippen molar-refractivity contribution in [3.8, 4) is 0 Å². The Balaban J connectivity index is 1.41. The molecule has 35 heavy (non-hydrogen) atoms. The van der Waals surface area contributed by atoms with Gasteiger partial charge in [0.05, 0.1) is 12.0 Å². The second kappa shape index (κ2) is 9.81. The lowest BCUT2D eigenvalue weighted by atomic mass is 9.78. The van der Waals surface area contributed by atoms with E-state index in [0.717, 1.165) is 0 Å². The van der Waals surface area contributed by atoms with E-state index in [-0.39, 0.29) is 53.9 Å². The molecule has 17 heteroatoms. The molecule has 1 unspecified atom stereocenters. The van der Waals surface area contributed by atoms with Crippen LogP contribution in [0.4, 0.5) is 0 Å². The second-order valence-corrected chi connectivity index (χ2v) is 11.6. The van der Waals surface area contributed by atoms with E-state index < -0.39 is 28.1 Å². The van der Waals surface area contributed by atoms with Crippen LogP contribution in [0.5, 0.6) is 0 Å². The lowest BCUT2D eigenvalue weighted by Crippen LogP contribution is -2.66. The van der Waals surface area contributed by atoms with Crippen LogP contribution in [0.3, 0.4) is 0 Å². The van der Waals surface area contributed by atoms with Crippen LogP contribution in [0.15, 0.2) is 16.9 Å². The fourth-order valence-corrected chi connectivity index (χ4v) is 6.86. The van der Waals surface area contributed by atoms with Crippen LogP contribution in [0, 0.1) is 11.8 Å². The first-order chi connectivity index (χ1) is 16.5. The van der Waals surface area contributed by atoms with Crippen LogP contribution in [0.2, 0.25) is 0 Å². The van der Waals surface area contributed by atoms with Gasteiger partial charge in [-0.15, -0.1) is 16.9 Å². The van der Waals surface area contributed by atoms with Crippen LogP contribution in [0.1, 0.15) is 20.3 Å². The SMILES string of the molecule is CC(NC(=O)Cn1cnnn1)[C@H]1C(=O)N2C(C(=O)O)=C(S[C@@H]3CN[C@H](CNS(N)(=O)=O)C3)[C@H](C)[C@H]12. The summed E-state index contributed by atoms with van der Waals surface area (Å²) in [6, 6.07) is -1.04. The number of carbonyl (C=O) groups is 3. The molecular weight excluding hydrogens is 502 g/mol. The van der Waals surface area contributed by atoms with Crippen molar-refractivity contribution in [2.75, 3.05) is 13.1 Å². The zero-order chi connectivity index (χ0) is 25.5. The van der Waals surface area contributed by atoms with Crippen molar-refractivity contribution in [1.29, 1.82) is 0 Å². The standard InChI is InChI=1S/C18H27N9O6S2/c1-8-14-13(9(2)23-12(28)6-26-7-21-24-25-26)17(29)27(14)15(18(30)31)16(8)34-11-3-10(20-5-11)4-22-35(19,32)33/h7-11,13-14,20,22H,3-6H2,1-2H3,(H,23,28)(H,30,31)(H2,19,32,33)/t8-,9?,10+,11+,13-,14-/m1/s1. The zero-order valence-electron chi connectivity index (χ0n) is 19.0. The molecule has 1 aromatic heterocycles. The van der Waals surface area contributed by atoms with Gasteiger partial charge >= 0.3 is 5.97 Å². The summed E-state index contributed by atoms with van der Waals surface area (Å²) in [7, 11) is -3.80. The van der Waals surface area contributed by atoms with E-state index in [0.29, 0.717) is 17.9 Å². The van der Waals surface area contributed by atoms with Crippen molar-refractivity contribution in [3.05, 3.63) is 16.9 Å². The minimum atomic E-state index is -3.80. The third-order valence-corrected chi connectivity index (χ3v) is 8.50. The molecule has 3 aliphatic rings. The van der Waals surface area contributed by atoms with E-state index in [2.05, 4.69) is 30.9 Å². The predicted octanol–water partition coefficient (Wildman–Crippen LogP) is -2.79. The largest absolute Gasteiger partial charge is 0.477 e. The second-order valence-electron chi connectivity index (χ2n) is 8.87. The molecule has 4 heterocycles. The van der Waals surface area contributed by atoms with Crippen LogP contribution >= 0.6 is 11.8 Å². The van der Waals surface area contributed by atoms with E-state index in [1.165, 1.54) is 27.7 Å². The maximum Gasteiger partial charge on any atom is 0.353 e. The van der Waals surface area contributed by atoms with Crippen LogP contribution in [0.25, 0.3) is 0 Å². The molecule has 0 aliphatic carbocycles. The number of aromatic nitrogens is 4. The maximum atomic E-state index is 13.0. The number of tetrazole rings is 1. The van der Waals surface area contributed by atoms with Gasteiger partial charge in [0.2, 0.25) is 11.8 Å². The Hall–Kier alpha value is -2.60. The van der Waals surface area contributed by atoms with E-state index in [1.54, 1.807) is 6.92 Å². The average Bonchev–Trinajstić information content (AvgIpc) is 3.47. The van der Waals surface area contributed by atoms with Crippen molar-refractivity contribution < 1.29 is 27.9 Å². The topological polar surface area (TPSA) is 215 Å². The number of β-lactam (4-membered cyclic amide) rings is 1.